The van der Waals surface area contributed by atoms with E-state index < -0.39 is 0 Å². The fourth-order valence-corrected chi connectivity index (χ4v) is 3.07. The summed E-state index contributed by atoms with van der Waals surface area (Å²) in [6, 6.07) is 8.09. The molecule has 23 heavy (non-hydrogen) atoms. The lowest BCUT2D eigenvalue weighted by Crippen LogP contribution is -2.16. The first-order valence-corrected chi connectivity index (χ1v) is 8.04. The highest BCUT2D eigenvalue weighted by molar-refractivity contribution is 5.96. The second-order valence-corrected chi connectivity index (χ2v) is 6.43. The Hall–Kier alpha value is -2.49. The van der Waals surface area contributed by atoms with Crippen molar-refractivity contribution in [2.45, 2.75) is 19.8 Å². The van der Waals surface area contributed by atoms with Crippen molar-refractivity contribution in [2.75, 3.05) is 6.61 Å². The number of pyridine rings is 1. The van der Waals surface area contributed by atoms with E-state index in [-0.39, 0.29) is 5.56 Å². The van der Waals surface area contributed by atoms with E-state index in [0.717, 1.165) is 34.4 Å². The molecule has 1 saturated carbocycles. The van der Waals surface area contributed by atoms with Crippen molar-refractivity contribution in [3.8, 4) is 16.9 Å². The van der Waals surface area contributed by atoms with E-state index in [1.165, 1.54) is 12.8 Å². The Morgan fingerprint density at radius 3 is 2.91 bits per heavy atom. The lowest BCUT2D eigenvalue weighted by molar-refractivity contribution is 0.301. The predicted octanol–water partition coefficient (Wildman–Crippen LogP) is 3.63. The molecule has 4 heteroatoms. The van der Waals surface area contributed by atoms with E-state index >= 15 is 0 Å². The smallest absolute Gasteiger partial charge is 0.274 e. The minimum Gasteiger partial charge on any atom is -0.493 e. The molecule has 0 radical (unpaired) electrons. The zero-order chi connectivity index (χ0) is 16.0. The third-order valence-electron chi connectivity index (χ3n) is 4.57. The summed E-state index contributed by atoms with van der Waals surface area (Å²) < 4.78 is 7.72. The van der Waals surface area contributed by atoms with Crippen LogP contribution < -0.4 is 10.3 Å². The molecule has 2 heterocycles. The van der Waals surface area contributed by atoms with E-state index in [1.807, 2.05) is 30.6 Å². The first-order valence-electron chi connectivity index (χ1n) is 8.04. The van der Waals surface area contributed by atoms with Crippen LogP contribution in [0.4, 0.5) is 0 Å². The van der Waals surface area contributed by atoms with Gasteiger partial charge in [0.05, 0.1) is 6.61 Å². The van der Waals surface area contributed by atoms with Crippen molar-refractivity contribution in [1.29, 1.82) is 0 Å². The molecule has 118 valence electrons. The molecular formula is C19H20N2O2. The van der Waals surface area contributed by atoms with Gasteiger partial charge < -0.3 is 14.3 Å². The highest BCUT2D eigenvalue weighted by atomic mass is 16.5. The number of nitrogens with one attached hydrogen (secondary N) is 1. The summed E-state index contributed by atoms with van der Waals surface area (Å²) in [7, 11) is 1.79. The molecule has 1 N–H and O–H groups in total. The standard InChI is InChI=1S/C19H20N2O2/c1-12-4-3-5-16(23-11-13-6-7-13)17(12)15-10-21(2)19(22)18-14(15)8-9-20-18/h3-5,8-10,13,20H,6-7,11H2,1-2H3. The third-order valence-corrected chi connectivity index (χ3v) is 4.57. The van der Waals surface area contributed by atoms with Crippen molar-refractivity contribution in [3.05, 3.63) is 52.6 Å². The average Bonchev–Trinajstić information content (AvgIpc) is 3.23. The maximum atomic E-state index is 12.3. The summed E-state index contributed by atoms with van der Waals surface area (Å²) in [5, 5.41) is 0.943. The van der Waals surface area contributed by atoms with Crippen molar-refractivity contribution in [2.24, 2.45) is 13.0 Å². The van der Waals surface area contributed by atoms with Crippen molar-refractivity contribution >= 4 is 10.9 Å². The van der Waals surface area contributed by atoms with E-state index in [2.05, 4.69) is 18.0 Å². The minimum absolute atomic E-state index is 0.0113. The first-order chi connectivity index (χ1) is 11.1. The Labute approximate surface area is 134 Å². The number of hydrogen-bond acceptors (Lipinski definition) is 2. The number of nitrogens with zero attached hydrogens (tertiary/aromatic N) is 1. The quantitative estimate of drug-likeness (QED) is 0.800. The molecule has 0 saturated heterocycles. The van der Waals surface area contributed by atoms with Crippen LogP contribution in [-0.2, 0) is 7.05 Å². The number of benzene rings is 1. The molecule has 0 bridgehead atoms. The van der Waals surface area contributed by atoms with Gasteiger partial charge in [-0.1, -0.05) is 12.1 Å². The molecule has 0 atom stereocenters. The van der Waals surface area contributed by atoms with Crippen LogP contribution in [0.3, 0.4) is 0 Å². The number of aromatic amines is 1. The zero-order valence-electron chi connectivity index (χ0n) is 13.4. The SMILES string of the molecule is Cc1cccc(OCC2CC2)c1-c1cn(C)c(=O)c2[nH]ccc12. The number of ether oxygens (including phenoxy) is 1. The molecule has 3 aromatic rings. The second-order valence-electron chi connectivity index (χ2n) is 6.43. The first kappa shape index (κ1) is 14.1. The Kier molecular flexibility index (Phi) is 3.26. The lowest BCUT2D eigenvalue weighted by Gasteiger charge is -2.15. The van der Waals surface area contributed by atoms with Crippen LogP contribution >= 0.6 is 0 Å². The number of hydrogen-bond donors (Lipinski definition) is 1. The van der Waals surface area contributed by atoms with Crippen molar-refractivity contribution < 1.29 is 4.74 Å². The maximum absolute atomic E-state index is 12.3. The fraction of sp³-hybridized carbons (Fsp3) is 0.316. The maximum Gasteiger partial charge on any atom is 0.274 e. The van der Waals surface area contributed by atoms with Gasteiger partial charge in [-0.15, -0.1) is 0 Å². The van der Waals surface area contributed by atoms with Gasteiger partial charge in [0.25, 0.3) is 5.56 Å². The van der Waals surface area contributed by atoms with Crippen LogP contribution in [0.1, 0.15) is 18.4 Å². The third kappa shape index (κ3) is 2.44. The summed E-state index contributed by atoms with van der Waals surface area (Å²) in [4.78, 5) is 15.3. The van der Waals surface area contributed by atoms with Crippen LogP contribution in [0.25, 0.3) is 22.0 Å². The highest BCUT2D eigenvalue weighted by Crippen LogP contribution is 2.38. The van der Waals surface area contributed by atoms with E-state index in [4.69, 9.17) is 4.74 Å². The molecule has 0 aliphatic heterocycles. The summed E-state index contributed by atoms with van der Waals surface area (Å²) in [6.45, 7) is 2.86. The van der Waals surface area contributed by atoms with Crippen LogP contribution in [0.2, 0.25) is 0 Å². The van der Waals surface area contributed by atoms with Crippen LogP contribution in [0, 0.1) is 12.8 Å². The molecule has 0 spiro atoms. The Balaban J connectivity index is 1.91. The van der Waals surface area contributed by atoms with E-state index in [9.17, 15) is 4.79 Å². The Morgan fingerprint density at radius 1 is 1.30 bits per heavy atom. The molecule has 1 aliphatic rings. The van der Waals surface area contributed by atoms with E-state index in [1.54, 1.807) is 11.6 Å². The van der Waals surface area contributed by atoms with Gasteiger partial charge in [0, 0.05) is 36.0 Å². The summed E-state index contributed by atoms with van der Waals surface area (Å²) >= 11 is 0. The summed E-state index contributed by atoms with van der Waals surface area (Å²) in [6.07, 6.45) is 6.26. The molecule has 4 nitrogen and oxygen atoms in total. The number of H-pyrrole nitrogens is 1. The molecule has 1 aliphatic carbocycles. The van der Waals surface area contributed by atoms with Gasteiger partial charge in [-0.3, -0.25) is 4.79 Å². The van der Waals surface area contributed by atoms with Gasteiger partial charge in [0.15, 0.2) is 0 Å². The van der Waals surface area contributed by atoms with Crippen LogP contribution in [0.15, 0.2) is 41.5 Å². The number of rotatable bonds is 4. The molecule has 0 amide bonds. The topological polar surface area (TPSA) is 47.0 Å². The zero-order valence-corrected chi connectivity index (χ0v) is 13.4. The van der Waals surface area contributed by atoms with Gasteiger partial charge in [-0.2, -0.15) is 0 Å². The van der Waals surface area contributed by atoms with Gasteiger partial charge in [-0.25, -0.2) is 0 Å². The molecule has 4 rings (SSSR count). The molecule has 0 unspecified atom stereocenters. The predicted molar refractivity (Wildman–Crippen MR) is 91.9 cm³/mol. The minimum atomic E-state index is -0.0113. The normalized spacial score (nSPS) is 14.3. The molecule has 1 aromatic carbocycles. The average molecular weight is 308 g/mol. The summed E-state index contributed by atoms with van der Waals surface area (Å²) in [5.74, 6) is 1.61. The van der Waals surface area contributed by atoms with Crippen molar-refractivity contribution in [3.63, 3.8) is 0 Å². The largest absolute Gasteiger partial charge is 0.493 e. The van der Waals surface area contributed by atoms with Crippen molar-refractivity contribution in [1.82, 2.24) is 9.55 Å². The van der Waals surface area contributed by atoms with Gasteiger partial charge >= 0.3 is 0 Å². The second kappa shape index (κ2) is 5.30. The lowest BCUT2D eigenvalue weighted by atomic mass is 9.98. The van der Waals surface area contributed by atoms with E-state index in [0.29, 0.717) is 11.4 Å². The molecule has 1 fully saturated rings. The Morgan fingerprint density at radius 2 is 2.13 bits per heavy atom. The van der Waals surface area contributed by atoms with Crippen LogP contribution in [0.5, 0.6) is 5.75 Å². The summed E-state index contributed by atoms with van der Waals surface area (Å²) in [5.41, 5.74) is 3.89. The fourth-order valence-electron chi connectivity index (χ4n) is 3.07. The van der Waals surface area contributed by atoms with Gasteiger partial charge in [0.2, 0.25) is 0 Å². The number of aromatic nitrogens is 2. The monoisotopic (exact) mass is 308 g/mol. The number of aryl methyl sites for hydroxylation is 2. The molecule has 2 aromatic heterocycles. The Bertz CT molecular complexity index is 932. The van der Waals surface area contributed by atoms with Gasteiger partial charge in [-0.05, 0) is 43.4 Å². The molecular weight excluding hydrogens is 288 g/mol. The number of fused-ring (bicyclic) bond motifs is 1. The van der Waals surface area contributed by atoms with Crippen LogP contribution in [-0.4, -0.2) is 16.2 Å². The highest BCUT2D eigenvalue weighted by Gasteiger charge is 2.23. The van der Waals surface area contributed by atoms with Gasteiger partial charge in [0.1, 0.15) is 11.3 Å².